The highest BCUT2D eigenvalue weighted by Gasteiger charge is 2.21. The first-order chi connectivity index (χ1) is 2.93. The molecule has 6 heavy (non-hydrogen) atoms. The second-order valence-corrected chi connectivity index (χ2v) is 1.61. The van der Waals surface area contributed by atoms with Crippen LogP contribution in [0.3, 0.4) is 0 Å². The number of hydrogen-bond acceptors (Lipinski definition) is 0. The summed E-state index contributed by atoms with van der Waals surface area (Å²) < 4.78 is 0. The van der Waals surface area contributed by atoms with Gasteiger partial charge in [-0.3, -0.25) is 10.7 Å². The normalized spacial score (nSPS) is 22.7. The molecule has 2 heteroatoms. The highest BCUT2D eigenvalue weighted by atomic mass is 14.9. The van der Waals surface area contributed by atoms with Gasteiger partial charge < -0.3 is 0 Å². The summed E-state index contributed by atoms with van der Waals surface area (Å²) in [6.45, 7) is 0. The fourth-order valence-electron chi connectivity index (χ4n) is 0.386. The molecule has 0 atom stereocenters. The Morgan fingerprint density at radius 1 is 1.67 bits per heavy atom. The van der Waals surface area contributed by atoms with Crippen LogP contribution in [0.25, 0.3) is 0 Å². The van der Waals surface area contributed by atoms with E-state index in [0.717, 1.165) is 6.04 Å². The molecule has 1 aliphatic carbocycles. The Balaban J connectivity index is 2.15. The highest BCUT2D eigenvalue weighted by molar-refractivity contribution is 5.43. The fraction of sp³-hybridized carbons (Fsp3) is 0.750. The first kappa shape index (κ1) is 3.65. The van der Waals surface area contributed by atoms with Crippen molar-refractivity contribution >= 4 is 6.34 Å². The Morgan fingerprint density at radius 3 is 2.50 bits per heavy atom. The molecule has 1 aliphatic rings. The van der Waals surface area contributed by atoms with Crippen LogP contribution < -0.4 is 10.7 Å². The summed E-state index contributed by atoms with van der Waals surface area (Å²) in [5.74, 6) is 0. The Hall–Kier alpha value is -0.530. The van der Waals surface area contributed by atoms with Crippen molar-refractivity contribution in [2.75, 3.05) is 0 Å². The lowest BCUT2D eigenvalue weighted by Gasteiger charge is -1.68. The van der Waals surface area contributed by atoms with Gasteiger partial charge in [-0.1, -0.05) is 0 Å². The highest BCUT2D eigenvalue weighted by Crippen LogP contribution is 2.12. The summed E-state index contributed by atoms with van der Waals surface area (Å²) in [4.78, 5) is 2.97. The van der Waals surface area contributed by atoms with Gasteiger partial charge in [-0.15, -0.1) is 0 Å². The summed E-state index contributed by atoms with van der Waals surface area (Å²) >= 11 is 0. The molecule has 0 bridgehead atoms. The third-order valence-electron chi connectivity index (χ3n) is 0.909. The number of hydrogen-bond donors (Lipinski definition) is 2. The Morgan fingerprint density at radius 2 is 2.33 bits per heavy atom. The van der Waals surface area contributed by atoms with Gasteiger partial charge in [0, 0.05) is 0 Å². The van der Waals surface area contributed by atoms with E-state index in [2.05, 4.69) is 4.99 Å². The number of nitrogens with one attached hydrogen (secondary N) is 1. The Kier molecular flexibility index (Phi) is 0.783. The van der Waals surface area contributed by atoms with Gasteiger partial charge in [0.05, 0.1) is 6.04 Å². The van der Waals surface area contributed by atoms with E-state index in [4.69, 9.17) is 5.73 Å². The molecule has 0 radical (unpaired) electrons. The predicted octanol–water partition coefficient (Wildman–Crippen LogP) is -1.78. The van der Waals surface area contributed by atoms with Crippen LogP contribution in [0.1, 0.15) is 12.8 Å². The van der Waals surface area contributed by atoms with Gasteiger partial charge in [0.1, 0.15) is 0 Å². The van der Waals surface area contributed by atoms with E-state index in [0.29, 0.717) is 0 Å². The van der Waals surface area contributed by atoms with Crippen LogP contribution in [0.15, 0.2) is 0 Å². The van der Waals surface area contributed by atoms with Gasteiger partial charge in [0.15, 0.2) is 0 Å². The maximum Gasteiger partial charge on any atom is 0.227 e. The van der Waals surface area contributed by atoms with Crippen LogP contribution >= 0.6 is 0 Å². The van der Waals surface area contributed by atoms with Crippen molar-refractivity contribution in [3.8, 4) is 0 Å². The van der Waals surface area contributed by atoms with E-state index in [1.807, 2.05) is 0 Å². The van der Waals surface area contributed by atoms with Gasteiger partial charge in [-0.05, 0) is 12.8 Å². The van der Waals surface area contributed by atoms with Crippen molar-refractivity contribution in [1.29, 1.82) is 0 Å². The molecule has 0 heterocycles. The largest absolute Gasteiger partial charge is 0.294 e. The number of nitrogens with two attached hydrogens (primary N) is 1. The van der Waals surface area contributed by atoms with Crippen molar-refractivity contribution < 1.29 is 4.99 Å². The van der Waals surface area contributed by atoms with Crippen LogP contribution in [-0.2, 0) is 0 Å². The molecule has 1 rings (SSSR count). The zero-order valence-electron chi connectivity index (χ0n) is 3.65. The van der Waals surface area contributed by atoms with E-state index in [1.54, 1.807) is 0 Å². The smallest absolute Gasteiger partial charge is 0.227 e. The SMILES string of the molecule is NC=[NH+]C1CC1. The molecule has 34 valence electrons. The third kappa shape index (κ3) is 0.708. The van der Waals surface area contributed by atoms with E-state index in [-0.39, 0.29) is 0 Å². The van der Waals surface area contributed by atoms with Crippen LogP contribution in [-0.4, -0.2) is 12.4 Å². The van der Waals surface area contributed by atoms with E-state index < -0.39 is 0 Å². The van der Waals surface area contributed by atoms with Crippen LogP contribution in [0.5, 0.6) is 0 Å². The minimum Gasteiger partial charge on any atom is -0.294 e. The average Bonchev–Trinajstić information content (AvgIpc) is 2.21. The van der Waals surface area contributed by atoms with E-state index in [1.165, 1.54) is 19.2 Å². The van der Waals surface area contributed by atoms with Crippen molar-refractivity contribution in [3.63, 3.8) is 0 Å². The second-order valence-electron chi connectivity index (χ2n) is 1.61. The van der Waals surface area contributed by atoms with Gasteiger partial charge in [-0.25, -0.2) is 0 Å². The topological polar surface area (TPSA) is 40.0 Å². The van der Waals surface area contributed by atoms with Crippen molar-refractivity contribution in [1.82, 2.24) is 0 Å². The monoisotopic (exact) mass is 85.1 g/mol. The molecule has 1 saturated carbocycles. The van der Waals surface area contributed by atoms with Gasteiger partial charge >= 0.3 is 0 Å². The lowest BCUT2D eigenvalue weighted by molar-refractivity contribution is -0.468. The Labute approximate surface area is 37.1 Å². The maximum absolute atomic E-state index is 5.03. The Bertz CT molecular complexity index is 63.9. The second kappa shape index (κ2) is 1.29. The van der Waals surface area contributed by atoms with E-state index >= 15 is 0 Å². The van der Waals surface area contributed by atoms with Crippen LogP contribution in [0, 0.1) is 0 Å². The van der Waals surface area contributed by atoms with Crippen LogP contribution in [0.4, 0.5) is 0 Å². The standard InChI is InChI=1S/C4H8N2/c5-3-6-4-1-2-4/h3-4H,1-2H2,(H2,5,6)/p+1. The zero-order chi connectivity index (χ0) is 4.41. The molecule has 2 nitrogen and oxygen atoms in total. The summed E-state index contributed by atoms with van der Waals surface area (Å²) in [5.41, 5.74) is 5.03. The maximum atomic E-state index is 5.03. The van der Waals surface area contributed by atoms with Crippen molar-refractivity contribution in [2.45, 2.75) is 18.9 Å². The quantitative estimate of drug-likeness (QED) is 0.287. The summed E-state index contributed by atoms with van der Waals surface area (Å²) in [5, 5.41) is 0. The number of rotatable bonds is 1. The molecule has 0 aromatic heterocycles. The third-order valence-corrected chi connectivity index (χ3v) is 0.909. The fourth-order valence-corrected chi connectivity index (χ4v) is 0.386. The molecule has 0 unspecified atom stereocenters. The molecular weight excluding hydrogens is 76.1 g/mol. The summed E-state index contributed by atoms with van der Waals surface area (Å²) in [6.07, 6.45) is 4.11. The van der Waals surface area contributed by atoms with Crippen molar-refractivity contribution in [2.24, 2.45) is 5.73 Å². The van der Waals surface area contributed by atoms with Gasteiger partial charge in [-0.2, -0.15) is 0 Å². The molecule has 0 saturated heterocycles. The summed E-state index contributed by atoms with van der Waals surface area (Å²) in [7, 11) is 0. The average molecular weight is 85.1 g/mol. The molecular formula is C4H9N2+. The summed E-state index contributed by atoms with van der Waals surface area (Å²) in [6, 6.07) is 0.718. The van der Waals surface area contributed by atoms with Gasteiger partial charge in [0.25, 0.3) is 0 Å². The molecule has 1 fully saturated rings. The van der Waals surface area contributed by atoms with E-state index in [9.17, 15) is 0 Å². The first-order valence-electron chi connectivity index (χ1n) is 2.23. The molecule has 0 aliphatic heterocycles. The first-order valence-corrected chi connectivity index (χ1v) is 2.23. The molecule has 0 aromatic carbocycles. The minimum atomic E-state index is 0.718. The lowest BCUT2D eigenvalue weighted by Crippen LogP contribution is -2.72. The molecule has 0 amide bonds. The van der Waals surface area contributed by atoms with Crippen molar-refractivity contribution in [3.05, 3.63) is 0 Å². The molecule has 0 spiro atoms. The zero-order valence-corrected chi connectivity index (χ0v) is 3.65. The molecule has 0 aromatic rings. The van der Waals surface area contributed by atoms with Crippen LogP contribution in [0.2, 0.25) is 0 Å². The molecule has 3 N–H and O–H groups in total. The lowest BCUT2D eigenvalue weighted by atomic mass is 10.8. The van der Waals surface area contributed by atoms with Gasteiger partial charge in [0.2, 0.25) is 6.34 Å². The minimum absolute atomic E-state index is 0.718. The predicted molar refractivity (Wildman–Crippen MR) is 24.2 cm³/mol.